The molecule has 0 aliphatic carbocycles. The van der Waals surface area contributed by atoms with Crippen LogP contribution in [0, 0.1) is 29.6 Å². The second-order valence-electron chi connectivity index (χ2n) is 18.6. The molecule has 2 bridgehead atoms. The van der Waals surface area contributed by atoms with Gasteiger partial charge in [-0.15, -0.1) is 0 Å². The number of quaternary nitrogens is 1. The number of ether oxygens (including phenoxy) is 4. The fourth-order valence-electron chi connectivity index (χ4n) is 9.29. The number of piperazine rings is 1. The summed E-state index contributed by atoms with van der Waals surface area (Å²) in [4.78, 5) is 104. The summed E-state index contributed by atoms with van der Waals surface area (Å²) < 4.78 is 23.0. The molecule has 1 aromatic rings. The SMILES string of the molecule is CC1CC(=O)N(CCOCCOCCOCCC(=O)N[C@H](C(=O)C[C@@H](CCCNC(N)=O)C(=O)Nc2ccc(C[N+]3(C)CCN(C(=O)C4C5CCC(O5)C4C(=O)O)CC3)cc2)C(C)C)C1=O. The minimum Gasteiger partial charge on any atom is -0.481 e. The Balaban J connectivity index is 1.03. The number of imide groups is 1. The number of amides is 7. The number of anilines is 1. The zero-order valence-electron chi connectivity index (χ0n) is 38.8. The van der Waals surface area contributed by atoms with Crippen molar-refractivity contribution in [3.8, 4) is 0 Å². The molecule has 4 saturated heterocycles. The number of hydrogen-bond donors (Lipinski definition) is 5. The predicted molar refractivity (Wildman–Crippen MR) is 238 cm³/mol. The number of Topliss-reactive ketones (excluding diaryl/α,β-unsaturated/α-hetero) is 1. The summed E-state index contributed by atoms with van der Waals surface area (Å²) in [6.45, 7) is 10.3. The average Bonchev–Trinajstić information content (AvgIpc) is 3.96. The van der Waals surface area contributed by atoms with Crippen molar-refractivity contribution in [2.75, 3.05) is 91.3 Å². The van der Waals surface area contributed by atoms with Crippen LogP contribution in [0.4, 0.5) is 10.5 Å². The van der Waals surface area contributed by atoms with Gasteiger partial charge in [0.25, 0.3) is 0 Å². The van der Waals surface area contributed by atoms with Crippen molar-refractivity contribution in [1.29, 1.82) is 0 Å². The number of aliphatic carboxylic acids is 1. The fourth-order valence-corrected chi connectivity index (χ4v) is 9.29. The fraction of sp³-hybridized carbons (Fsp3) is 0.696. The van der Waals surface area contributed by atoms with Crippen LogP contribution in [0.15, 0.2) is 24.3 Å². The van der Waals surface area contributed by atoms with Gasteiger partial charge in [0.05, 0.1) is 109 Å². The highest BCUT2D eigenvalue weighted by molar-refractivity contribution is 6.03. The zero-order chi connectivity index (χ0) is 48.0. The Morgan fingerprint density at radius 3 is 2.12 bits per heavy atom. The number of ketones is 1. The average molecular weight is 929 g/mol. The Morgan fingerprint density at radius 1 is 0.909 bits per heavy atom. The van der Waals surface area contributed by atoms with Crippen LogP contribution in [-0.2, 0) is 59.1 Å². The van der Waals surface area contributed by atoms with Gasteiger partial charge in [-0.1, -0.05) is 32.9 Å². The molecule has 20 nitrogen and oxygen atoms in total. The van der Waals surface area contributed by atoms with Crippen molar-refractivity contribution in [2.45, 2.75) is 90.5 Å². The molecule has 5 rings (SSSR count). The molecule has 66 heavy (non-hydrogen) atoms. The number of likely N-dealkylation sites (tertiary alicyclic amines) is 1. The largest absolute Gasteiger partial charge is 0.481 e. The molecule has 0 radical (unpaired) electrons. The van der Waals surface area contributed by atoms with Crippen LogP contribution in [0.5, 0.6) is 0 Å². The van der Waals surface area contributed by atoms with Gasteiger partial charge in [-0.05, 0) is 43.7 Å². The second-order valence-corrected chi connectivity index (χ2v) is 18.6. The van der Waals surface area contributed by atoms with Gasteiger partial charge in [0.15, 0.2) is 5.78 Å². The third kappa shape index (κ3) is 14.7. The number of rotatable bonds is 27. The first-order valence-electron chi connectivity index (χ1n) is 23.3. The van der Waals surface area contributed by atoms with Crippen molar-refractivity contribution in [3.05, 3.63) is 29.8 Å². The van der Waals surface area contributed by atoms with E-state index >= 15 is 0 Å². The first-order chi connectivity index (χ1) is 31.5. The van der Waals surface area contributed by atoms with Crippen molar-refractivity contribution >= 4 is 53.0 Å². The minimum atomic E-state index is -0.971. The Labute approximate surface area is 386 Å². The van der Waals surface area contributed by atoms with E-state index in [4.69, 9.17) is 24.7 Å². The Bertz CT molecular complexity index is 1870. The second kappa shape index (κ2) is 24.7. The van der Waals surface area contributed by atoms with Gasteiger partial charge in [0.1, 0.15) is 6.54 Å². The quantitative estimate of drug-likeness (QED) is 0.0474. The molecular weight excluding hydrogens is 859 g/mol. The zero-order valence-corrected chi connectivity index (χ0v) is 38.8. The van der Waals surface area contributed by atoms with E-state index in [-0.39, 0.29) is 138 Å². The monoisotopic (exact) mass is 929 g/mol. The standard InChI is InChI=1S/C46H69N7O13/c1-29(2)41(50-37(55)13-20-63-22-24-65-25-23-64-21-17-52-38(56)26-30(3)43(52)58)34(54)27-32(6-5-14-48-46(47)62)42(57)49-33-9-7-31(8-10-33)28-53(4)18-15-51(16-19-53)44(59)39-35-11-12-36(66-35)40(39)45(60)61/h7-10,29-30,32,35-36,39-41H,5-6,11-28H2,1-4H3,(H5-,47,48,49,50,55,57,60,61,62)/p+1/t30?,32-,35?,36?,39?,40?,41+/m1/s1. The molecule has 0 spiro atoms. The normalized spacial score (nSPS) is 23.2. The molecule has 6 N–H and O–H groups in total. The number of carboxylic acids is 1. The molecule has 1 aromatic carbocycles. The molecule has 5 unspecified atom stereocenters. The maximum Gasteiger partial charge on any atom is 0.312 e. The van der Waals surface area contributed by atoms with E-state index in [0.29, 0.717) is 62.2 Å². The highest BCUT2D eigenvalue weighted by Gasteiger charge is 2.56. The van der Waals surface area contributed by atoms with Gasteiger partial charge in [-0.3, -0.25) is 38.5 Å². The molecule has 0 aromatic heterocycles. The van der Waals surface area contributed by atoms with E-state index in [1.54, 1.807) is 24.0 Å². The Hall–Kier alpha value is -5.02. The first-order valence-corrected chi connectivity index (χ1v) is 23.3. The van der Waals surface area contributed by atoms with Gasteiger partial charge >= 0.3 is 12.0 Å². The number of nitrogens with zero attached hydrogens (tertiary/aromatic N) is 3. The lowest BCUT2D eigenvalue weighted by atomic mass is 9.78. The smallest absolute Gasteiger partial charge is 0.312 e. The van der Waals surface area contributed by atoms with E-state index < -0.39 is 35.8 Å². The lowest BCUT2D eigenvalue weighted by Crippen LogP contribution is -2.59. The molecule has 4 aliphatic heterocycles. The lowest BCUT2D eigenvalue weighted by molar-refractivity contribution is -0.926. The van der Waals surface area contributed by atoms with Crippen molar-refractivity contribution < 1.29 is 66.9 Å². The van der Waals surface area contributed by atoms with Gasteiger partial charge in [-0.25, -0.2) is 4.79 Å². The molecule has 7 atom stereocenters. The third-order valence-corrected chi connectivity index (χ3v) is 13.1. The van der Waals surface area contributed by atoms with Gasteiger partial charge in [0, 0.05) is 48.9 Å². The number of hydrogen-bond acceptors (Lipinski definition) is 12. The van der Waals surface area contributed by atoms with E-state index in [9.17, 15) is 43.5 Å². The Morgan fingerprint density at radius 2 is 1.53 bits per heavy atom. The number of nitrogens with two attached hydrogens (primary N) is 1. The summed E-state index contributed by atoms with van der Waals surface area (Å²) in [7, 11) is 2.13. The maximum atomic E-state index is 13.7. The lowest BCUT2D eigenvalue weighted by Gasteiger charge is -2.43. The minimum absolute atomic E-state index is 0.00692. The van der Waals surface area contributed by atoms with Crippen LogP contribution >= 0.6 is 0 Å². The summed E-state index contributed by atoms with van der Waals surface area (Å²) in [6.07, 6.45) is 1.43. The number of fused-ring (bicyclic) bond motifs is 2. The number of carbonyl (C=O) groups excluding carboxylic acids is 7. The van der Waals surface area contributed by atoms with Crippen LogP contribution in [0.2, 0.25) is 0 Å². The van der Waals surface area contributed by atoms with Crippen LogP contribution < -0.4 is 21.7 Å². The molecule has 7 amide bonds. The summed E-state index contributed by atoms with van der Waals surface area (Å²) in [6, 6.07) is 5.94. The molecule has 20 heteroatoms. The molecule has 4 heterocycles. The number of likely N-dealkylation sites (N-methyl/N-ethyl adjacent to an activating group) is 1. The van der Waals surface area contributed by atoms with Crippen molar-refractivity contribution in [3.63, 3.8) is 0 Å². The summed E-state index contributed by atoms with van der Waals surface area (Å²) in [5.74, 6) is -5.25. The molecule has 0 saturated carbocycles. The number of carbonyl (C=O) groups is 8. The van der Waals surface area contributed by atoms with E-state index in [2.05, 4.69) is 23.0 Å². The number of primary amides is 1. The summed E-state index contributed by atoms with van der Waals surface area (Å²) in [5.41, 5.74) is 6.80. The van der Waals surface area contributed by atoms with Gasteiger partial charge < -0.3 is 55.1 Å². The van der Waals surface area contributed by atoms with Crippen LogP contribution in [0.3, 0.4) is 0 Å². The van der Waals surface area contributed by atoms with E-state index in [1.807, 2.05) is 26.0 Å². The maximum absolute atomic E-state index is 13.7. The third-order valence-electron chi connectivity index (χ3n) is 13.1. The summed E-state index contributed by atoms with van der Waals surface area (Å²) in [5, 5.41) is 18.1. The first kappa shape index (κ1) is 52.0. The van der Waals surface area contributed by atoms with Crippen molar-refractivity contribution in [1.82, 2.24) is 20.4 Å². The van der Waals surface area contributed by atoms with Gasteiger partial charge in [0.2, 0.25) is 29.5 Å². The number of carboxylic acid groups (broad SMARTS) is 1. The van der Waals surface area contributed by atoms with E-state index in [0.717, 1.165) is 5.56 Å². The Kier molecular flexibility index (Phi) is 19.4. The summed E-state index contributed by atoms with van der Waals surface area (Å²) >= 11 is 0. The van der Waals surface area contributed by atoms with E-state index in [1.165, 1.54) is 4.90 Å². The topological polar surface area (TPSA) is 262 Å². The van der Waals surface area contributed by atoms with Crippen LogP contribution in [0.1, 0.15) is 71.3 Å². The highest BCUT2D eigenvalue weighted by Crippen LogP contribution is 2.44. The van der Waals surface area contributed by atoms with Crippen LogP contribution in [-0.4, -0.2) is 171 Å². The molecule has 4 fully saturated rings. The predicted octanol–water partition coefficient (Wildman–Crippen LogP) is 1.29. The highest BCUT2D eigenvalue weighted by atomic mass is 16.5. The number of benzene rings is 1. The van der Waals surface area contributed by atoms with Crippen molar-refractivity contribution in [2.24, 2.45) is 35.3 Å². The molecular formula is C46H70N7O13+. The molecule has 4 aliphatic rings. The number of urea groups is 1. The van der Waals surface area contributed by atoms with Crippen LogP contribution in [0.25, 0.3) is 0 Å². The molecule has 366 valence electrons. The van der Waals surface area contributed by atoms with Gasteiger partial charge in [-0.2, -0.15) is 0 Å². The number of nitrogens with one attached hydrogen (secondary N) is 3.